The number of nitrogens with zero attached hydrogens (tertiary/aromatic N) is 1. The molecule has 1 aliphatic rings. The zero-order chi connectivity index (χ0) is 30.7. The van der Waals surface area contributed by atoms with Gasteiger partial charge in [0.25, 0.3) is 25.8 Å². The Balaban J connectivity index is 1.40. The number of benzene rings is 2. The summed E-state index contributed by atoms with van der Waals surface area (Å²) in [4.78, 5) is 12.2. The molecule has 1 fully saturated rings. The Morgan fingerprint density at radius 1 is 1.07 bits per heavy atom. The second kappa shape index (κ2) is 12.6. The van der Waals surface area contributed by atoms with Gasteiger partial charge in [0.15, 0.2) is 0 Å². The highest BCUT2D eigenvalue weighted by molar-refractivity contribution is 7.92. The lowest BCUT2D eigenvalue weighted by atomic mass is 10.1. The average Bonchev–Trinajstić information content (AvgIpc) is 3.40. The molecule has 3 aromatic rings. The summed E-state index contributed by atoms with van der Waals surface area (Å²) >= 11 is 0.945. The quantitative estimate of drug-likeness (QED) is 0.302. The van der Waals surface area contributed by atoms with Gasteiger partial charge in [-0.15, -0.1) is 11.3 Å². The van der Waals surface area contributed by atoms with Crippen LogP contribution in [0.5, 0.6) is 5.75 Å². The maximum Gasteiger partial charge on any atom is 0.501 e. The van der Waals surface area contributed by atoms with Crippen LogP contribution in [0.3, 0.4) is 0 Å². The second-order valence-electron chi connectivity index (χ2n) is 9.40. The molecule has 228 valence electrons. The Morgan fingerprint density at radius 3 is 2.40 bits per heavy atom. The van der Waals surface area contributed by atoms with Crippen LogP contribution in [-0.2, 0) is 33.0 Å². The van der Waals surface area contributed by atoms with Crippen LogP contribution in [-0.4, -0.2) is 63.9 Å². The van der Waals surface area contributed by atoms with Gasteiger partial charge in [0.1, 0.15) is 9.96 Å². The molecule has 4 rings (SSSR count). The molecular weight excluding hydrogens is 619 g/mol. The number of amides is 1. The summed E-state index contributed by atoms with van der Waals surface area (Å²) in [6, 6.07) is 12.2. The average molecular weight is 648 g/mol. The molecule has 1 aliphatic heterocycles. The van der Waals surface area contributed by atoms with Gasteiger partial charge in [0, 0.05) is 40.8 Å². The Bertz CT molecular complexity index is 1650. The van der Waals surface area contributed by atoms with Crippen LogP contribution in [0.4, 0.5) is 18.9 Å². The number of ether oxygens (including phenoxy) is 1. The van der Waals surface area contributed by atoms with Gasteiger partial charge >= 0.3 is 5.51 Å². The standard InChI is InChI=1S/C26H28F3N3O7S3/c1-39-21-6-2-4-17(12-21)24(34)30-15-22-13-18(16-33)25(40-22)42(37,38)32-10-8-19(9-11-32)31-20-5-3-7-23(14-20)41(35,36)26(27,28)29/h2-7,12-14,19,31,33H,8-11,15-16H2,1H3,(H,30,34). The molecule has 0 atom stereocenters. The molecule has 0 bridgehead atoms. The van der Waals surface area contributed by atoms with Gasteiger partial charge in [-0.25, -0.2) is 16.8 Å². The minimum Gasteiger partial charge on any atom is -0.497 e. The van der Waals surface area contributed by atoms with E-state index < -0.39 is 36.9 Å². The number of aliphatic hydroxyl groups excluding tert-OH is 1. The molecule has 1 saturated heterocycles. The molecule has 2 heterocycles. The van der Waals surface area contributed by atoms with Crippen molar-refractivity contribution in [1.29, 1.82) is 0 Å². The maximum atomic E-state index is 13.5. The first-order chi connectivity index (χ1) is 19.8. The van der Waals surface area contributed by atoms with Crippen LogP contribution in [0.2, 0.25) is 0 Å². The largest absolute Gasteiger partial charge is 0.501 e. The van der Waals surface area contributed by atoms with E-state index in [1.54, 1.807) is 24.3 Å². The fourth-order valence-electron chi connectivity index (χ4n) is 4.40. The Hall–Kier alpha value is -3.18. The molecule has 0 unspecified atom stereocenters. The van der Waals surface area contributed by atoms with Crippen molar-refractivity contribution >= 4 is 42.8 Å². The molecule has 0 saturated carbocycles. The normalized spacial score (nSPS) is 15.4. The van der Waals surface area contributed by atoms with Crippen LogP contribution in [0.1, 0.15) is 33.6 Å². The first kappa shape index (κ1) is 31.7. The summed E-state index contributed by atoms with van der Waals surface area (Å²) in [6.07, 6.45) is 0.609. The predicted octanol–water partition coefficient (Wildman–Crippen LogP) is 3.74. The molecular formula is C26H28F3N3O7S3. The molecule has 1 aromatic heterocycles. The molecule has 16 heteroatoms. The Morgan fingerprint density at radius 2 is 1.76 bits per heavy atom. The van der Waals surface area contributed by atoms with E-state index in [1.165, 1.54) is 29.6 Å². The SMILES string of the molecule is COc1cccc(C(=O)NCc2cc(CO)c(S(=O)(=O)N3CCC(Nc4cccc(S(=O)(=O)C(F)(F)F)c4)CC3)s2)c1. The van der Waals surface area contributed by atoms with E-state index in [1.807, 2.05) is 0 Å². The lowest BCUT2D eigenvalue weighted by Crippen LogP contribution is -2.42. The molecule has 0 aliphatic carbocycles. The lowest BCUT2D eigenvalue weighted by Gasteiger charge is -2.32. The number of piperidine rings is 1. The number of sulfonamides is 1. The molecule has 2 aromatic carbocycles. The number of carbonyl (C=O) groups is 1. The van der Waals surface area contributed by atoms with E-state index >= 15 is 0 Å². The van der Waals surface area contributed by atoms with Crippen molar-refractivity contribution < 1.29 is 44.6 Å². The van der Waals surface area contributed by atoms with Gasteiger partial charge in [0.2, 0.25) is 0 Å². The van der Waals surface area contributed by atoms with Crippen molar-refractivity contribution in [3.8, 4) is 5.75 Å². The van der Waals surface area contributed by atoms with E-state index in [-0.39, 0.29) is 47.0 Å². The summed E-state index contributed by atoms with van der Waals surface area (Å²) in [5.41, 5.74) is -4.69. The summed E-state index contributed by atoms with van der Waals surface area (Å²) in [5, 5.41) is 15.6. The number of nitrogens with one attached hydrogen (secondary N) is 2. The lowest BCUT2D eigenvalue weighted by molar-refractivity contribution is -0.0436. The van der Waals surface area contributed by atoms with E-state index in [9.17, 15) is 39.9 Å². The first-order valence-corrected chi connectivity index (χ1v) is 16.3. The maximum absolute atomic E-state index is 13.5. The van der Waals surface area contributed by atoms with Gasteiger partial charge in [-0.1, -0.05) is 12.1 Å². The molecule has 1 amide bonds. The topological polar surface area (TPSA) is 142 Å². The van der Waals surface area contributed by atoms with Crippen LogP contribution in [0.25, 0.3) is 0 Å². The number of thiophene rings is 1. The number of methoxy groups -OCH3 is 1. The highest BCUT2D eigenvalue weighted by atomic mass is 32.2. The summed E-state index contributed by atoms with van der Waals surface area (Å²) in [6.45, 7) is -0.307. The highest BCUT2D eigenvalue weighted by Crippen LogP contribution is 2.33. The Kier molecular flexibility index (Phi) is 9.52. The molecule has 10 nitrogen and oxygen atoms in total. The molecule has 42 heavy (non-hydrogen) atoms. The predicted molar refractivity (Wildman–Crippen MR) is 149 cm³/mol. The number of rotatable bonds is 10. The Labute approximate surface area is 245 Å². The number of anilines is 1. The number of halogens is 3. The number of sulfone groups is 1. The van der Waals surface area contributed by atoms with Crippen molar-refractivity contribution in [3.63, 3.8) is 0 Å². The summed E-state index contributed by atoms with van der Waals surface area (Å²) in [7, 11) is -8.02. The van der Waals surface area contributed by atoms with Crippen molar-refractivity contribution in [3.05, 3.63) is 70.6 Å². The van der Waals surface area contributed by atoms with Crippen LogP contribution in [0.15, 0.2) is 63.7 Å². The van der Waals surface area contributed by atoms with Crippen molar-refractivity contribution in [1.82, 2.24) is 9.62 Å². The van der Waals surface area contributed by atoms with Gasteiger partial charge in [-0.2, -0.15) is 17.5 Å². The minimum absolute atomic E-state index is 0.0351. The van der Waals surface area contributed by atoms with Crippen LogP contribution >= 0.6 is 11.3 Å². The number of alkyl halides is 3. The van der Waals surface area contributed by atoms with E-state index in [4.69, 9.17) is 4.74 Å². The third-order valence-electron chi connectivity index (χ3n) is 6.59. The van der Waals surface area contributed by atoms with Crippen LogP contribution < -0.4 is 15.4 Å². The van der Waals surface area contributed by atoms with Gasteiger partial charge in [0.05, 0.1) is 25.2 Å². The molecule has 0 spiro atoms. The van der Waals surface area contributed by atoms with Gasteiger partial charge in [-0.3, -0.25) is 4.79 Å². The summed E-state index contributed by atoms with van der Waals surface area (Å²) in [5.74, 6) is 0.130. The summed E-state index contributed by atoms with van der Waals surface area (Å²) < 4.78 is 95.5. The van der Waals surface area contributed by atoms with Gasteiger partial charge < -0.3 is 20.5 Å². The van der Waals surface area contributed by atoms with E-state index in [2.05, 4.69) is 10.6 Å². The third kappa shape index (κ3) is 6.89. The smallest absolute Gasteiger partial charge is 0.497 e. The minimum atomic E-state index is -5.50. The monoisotopic (exact) mass is 647 g/mol. The highest BCUT2D eigenvalue weighted by Gasteiger charge is 2.47. The number of hydrogen-bond acceptors (Lipinski definition) is 9. The number of hydrogen-bond donors (Lipinski definition) is 3. The van der Waals surface area contributed by atoms with Crippen molar-refractivity contribution in [2.45, 2.75) is 46.6 Å². The van der Waals surface area contributed by atoms with E-state index in [0.29, 0.717) is 29.0 Å². The zero-order valence-electron chi connectivity index (χ0n) is 22.2. The second-order valence-corrected chi connectivity index (χ2v) is 14.6. The zero-order valence-corrected chi connectivity index (χ0v) is 24.7. The van der Waals surface area contributed by atoms with E-state index in [0.717, 1.165) is 23.5 Å². The van der Waals surface area contributed by atoms with Gasteiger partial charge in [-0.05, 0) is 55.3 Å². The third-order valence-corrected chi connectivity index (χ3v) is 11.7. The fraction of sp³-hybridized carbons (Fsp3) is 0.346. The van der Waals surface area contributed by atoms with Crippen molar-refractivity contribution in [2.24, 2.45) is 0 Å². The molecule has 0 radical (unpaired) electrons. The number of carbonyl (C=O) groups excluding carboxylic acids is 1. The number of aliphatic hydroxyl groups is 1. The molecule has 3 N–H and O–H groups in total. The first-order valence-electron chi connectivity index (χ1n) is 12.6. The fourth-order valence-corrected chi connectivity index (χ4v) is 8.48. The van der Waals surface area contributed by atoms with Crippen LogP contribution in [0, 0.1) is 0 Å². The van der Waals surface area contributed by atoms with Crippen molar-refractivity contribution in [2.75, 3.05) is 25.5 Å².